The van der Waals surface area contributed by atoms with E-state index < -0.39 is 0 Å². The highest BCUT2D eigenvalue weighted by atomic mass is 79.9. The molecule has 0 aromatic carbocycles. The summed E-state index contributed by atoms with van der Waals surface area (Å²) >= 11 is 3.62. The van der Waals surface area contributed by atoms with Crippen molar-refractivity contribution >= 4 is 21.8 Å². The molecule has 26 heavy (non-hydrogen) atoms. The Morgan fingerprint density at radius 1 is 1.38 bits per heavy atom. The van der Waals surface area contributed by atoms with Gasteiger partial charge < -0.3 is 10.2 Å². The van der Waals surface area contributed by atoms with Crippen molar-refractivity contribution < 1.29 is 0 Å². The third kappa shape index (κ3) is 5.31. The number of rotatable bonds is 8. The van der Waals surface area contributed by atoms with E-state index in [0.717, 1.165) is 21.7 Å². The van der Waals surface area contributed by atoms with Crippen LogP contribution >= 0.6 is 15.9 Å². The number of nitrogens with one attached hydrogen (secondary N) is 1. The number of halogens is 1. The summed E-state index contributed by atoms with van der Waals surface area (Å²) < 4.78 is 0.937. The highest BCUT2D eigenvalue weighted by Crippen LogP contribution is 2.28. The first kappa shape index (κ1) is 20.4. The Kier molecular flexibility index (Phi) is 8.10. The lowest BCUT2D eigenvalue weighted by Crippen LogP contribution is -2.40. The molecule has 0 bridgehead atoms. The van der Waals surface area contributed by atoms with Gasteiger partial charge in [-0.25, -0.2) is 0 Å². The summed E-state index contributed by atoms with van der Waals surface area (Å²) in [7, 11) is 2.02. The number of aliphatic imine (C=N–C) groups is 1. The molecule has 0 saturated heterocycles. The first-order chi connectivity index (χ1) is 12.6. The lowest BCUT2D eigenvalue weighted by Gasteiger charge is -2.34. The molecule has 0 unspecified atom stereocenters. The van der Waals surface area contributed by atoms with Crippen molar-refractivity contribution in [1.29, 1.82) is 0 Å². The van der Waals surface area contributed by atoms with Crippen LogP contribution in [0.15, 0.2) is 64.3 Å². The number of aromatic nitrogens is 1. The molecule has 0 fully saturated rings. The summed E-state index contributed by atoms with van der Waals surface area (Å²) in [5, 5.41) is 3.61. The molecular weight excluding hydrogens is 388 g/mol. The van der Waals surface area contributed by atoms with E-state index in [-0.39, 0.29) is 0 Å². The maximum absolute atomic E-state index is 4.85. The summed E-state index contributed by atoms with van der Waals surface area (Å²) in [5.41, 5.74) is 2.35. The predicted octanol–water partition coefficient (Wildman–Crippen LogP) is 5.37. The van der Waals surface area contributed by atoms with Gasteiger partial charge in [-0.1, -0.05) is 45.4 Å². The van der Waals surface area contributed by atoms with Crippen LogP contribution in [0.1, 0.15) is 45.1 Å². The zero-order valence-corrected chi connectivity index (χ0v) is 17.6. The predicted molar refractivity (Wildman–Crippen MR) is 114 cm³/mol. The zero-order valence-electron chi connectivity index (χ0n) is 16.0. The summed E-state index contributed by atoms with van der Waals surface area (Å²) in [4.78, 5) is 11.1. The average molecular weight is 417 g/mol. The fourth-order valence-corrected chi connectivity index (χ4v) is 3.48. The summed E-state index contributed by atoms with van der Waals surface area (Å²) in [6.45, 7) is 8.99. The molecule has 1 aromatic rings. The first-order valence-corrected chi connectivity index (χ1v) is 10.1. The van der Waals surface area contributed by atoms with Gasteiger partial charge in [0.25, 0.3) is 0 Å². The van der Waals surface area contributed by atoms with Crippen LogP contribution in [-0.4, -0.2) is 22.8 Å². The van der Waals surface area contributed by atoms with E-state index in [1.807, 2.05) is 25.4 Å². The average Bonchev–Trinajstić information content (AvgIpc) is 2.67. The topological polar surface area (TPSA) is 40.5 Å². The molecule has 1 aliphatic rings. The highest BCUT2D eigenvalue weighted by molar-refractivity contribution is 9.11. The van der Waals surface area contributed by atoms with E-state index in [2.05, 4.69) is 63.7 Å². The van der Waals surface area contributed by atoms with Gasteiger partial charge in [0, 0.05) is 31.2 Å². The van der Waals surface area contributed by atoms with Crippen molar-refractivity contribution in [3.63, 3.8) is 0 Å². The number of hydrogen-bond donors (Lipinski definition) is 1. The quantitative estimate of drug-likeness (QED) is 0.619. The lowest BCUT2D eigenvalue weighted by atomic mass is 9.93. The third-order valence-corrected chi connectivity index (χ3v) is 5.19. The van der Waals surface area contributed by atoms with Crippen LogP contribution in [0.4, 0.5) is 0 Å². The van der Waals surface area contributed by atoms with E-state index in [9.17, 15) is 0 Å². The van der Waals surface area contributed by atoms with Gasteiger partial charge >= 0.3 is 0 Å². The van der Waals surface area contributed by atoms with Gasteiger partial charge in [0.1, 0.15) is 11.7 Å². The van der Waals surface area contributed by atoms with Crippen LogP contribution in [0.5, 0.6) is 0 Å². The summed E-state index contributed by atoms with van der Waals surface area (Å²) in [6.07, 6.45) is 12.3. The molecule has 1 aliphatic heterocycles. The number of allylic oxidation sites excluding steroid dienone is 3. The normalized spacial score (nSPS) is 18.0. The van der Waals surface area contributed by atoms with Crippen LogP contribution in [0.25, 0.3) is 0 Å². The largest absolute Gasteiger partial charge is 0.344 e. The number of pyridine rings is 1. The van der Waals surface area contributed by atoms with Gasteiger partial charge in [-0.3, -0.25) is 9.98 Å². The van der Waals surface area contributed by atoms with E-state index in [4.69, 9.17) is 4.99 Å². The van der Waals surface area contributed by atoms with Crippen molar-refractivity contribution in [2.24, 2.45) is 10.9 Å². The maximum atomic E-state index is 4.85. The molecule has 0 aliphatic carbocycles. The molecule has 0 saturated carbocycles. The van der Waals surface area contributed by atoms with Crippen molar-refractivity contribution in [1.82, 2.24) is 15.2 Å². The van der Waals surface area contributed by atoms with Gasteiger partial charge in [-0.05, 0) is 46.3 Å². The van der Waals surface area contributed by atoms with E-state index in [1.54, 1.807) is 6.20 Å². The van der Waals surface area contributed by atoms with Crippen LogP contribution in [0.2, 0.25) is 0 Å². The molecule has 2 rings (SSSR count). The Morgan fingerprint density at radius 2 is 2.12 bits per heavy atom. The number of nitrogens with zero attached hydrogens (tertiary/aromatic N) is 3. The second kappa shape index (κ2) is 10.3. The zero-order chi connectivity index (χ0) is 18.9. The molecule has 0 amide bonds. The second-order valence-corrected chi connectivity index (χ2v) is 7.35. The molecule has 0 radical (unpaired) electrons. The monoisotopic (exact) mass is 416 g/mol. The first-order valence-electron chi connectivity index (χ1n) is 9.28. The maximum Gasteiger partial charge on any atom is 0.130 e. The molecule has 2 heterocycles. The van der Waals surface area contributed by atoms with Gasteiger partial charge in [0.05, 0.1) is 11.0 Å². The van der Waals surface area contributed by atoms with Crippen molar-refractivity contribution in [3.05, 3.63) is 64.8 Å². The van der Waals surface area contributed by atoms with Gasteiger partial charge in [-0.2, -0.15) is 0 Å². The molecule has 4 nitrogen and oxygen atoms in total. The van der Waals surface area contributed by atoms with Crippen LogP contribution in [0.3, 0.4) is 0 Å². The number of hydrogen-bond acceptors (Lipinski definition) is 3. The second-order valence-electron chi connectivity index (χ2n) is 6.49. The third-order valence-electron chi connectivity index (χ3n) is 4.49. The molecular formula is C21H29BrN4. The van der Waals surface area contributed by atoms with Crippen molar-refractivity contribution in [2.45, 2.75) is 46.1 Å². The molecule has 0 spiro atoms. The Hall–Kier alpha value is -1.88. The SMILES string of the molecule is C=C/C(Br)=C1/NC(C(CCC)CCC)=CC(=NCc2cccnc2)N1C. The fraction of sp³-hybridized carbons (Fsp3) is 0.429. The van der Waals surface area contributed by atoms with Crippen LogP contribution < -0.4 is 5.32 Å². The van der Waals surface area contributed by atoms with E-state index in [1.165, 1.54) is 31.4 Å². The smallest absolute Gasteiger partial charge is 0.130 e. The Balaban J connectivity index is 2.38. The highest BCUT2D eigenvalue weighted by Gasteiger charge is 2.24. The Morgan fingerprint density at radius 3 is 2.69 bits per heavy atom. The van der Waals surface area contributed by atoms with Crippen molar-refractivity contribution in [3.8, 4) is 0 Å². The summed E-state index contributed by atoms with van der Waals surface area (Å²) in [6, 6.07) is 4.00. The van der Waals surface area contributed by atoms with Gasteiger partial charge in [0.15, 0.2) is 0 Å². The van der Waals surface area contributed by atoms with Gasteiger partial charge in [0.2, 0.25) is 0 Å². The molecule has 140 valence electrons. The Labute approximate surface area is 165 Å². The molecule has 1 N–H and O–H groups in total. The lowest BCUT2D eigenvalue weighted by molar-refractivity contribution is 0.453. The van der Waals surface area contributed by atoms with Gasteiger partial charge in [-0.15, -0.1) is 0 Å². The Bertz CT molecular complexity index is 685. The molecule has 0 atom stereocenters. The number of likely N-dealkylation sites (N-methyl/N-ethyl adjacent to an activating group) is 1. The molecule has 5 heteroatoms. The minimum atomic E-state index is 0.516. The van der Waals surface area contributed by atoms with Crippen LogP contribution in [0, 0.1) is 5.92 Å². The minimum absolute atomic E-state index is 0.516. The van der Waals surface area contributed by atoms with Crippen LogP contribution in [-0.2, 0) is 6.54 Å². The fourth-order valence-electron chi connectivity index (χ4n) is 3.11. The van der Waals surface area contributed by atoms with E-state index in [0.29, 0.717) is 12.5 Å². The molecule has 1 aromatic heterocycles. The van der Waals surface area contributed by atoms with E-state index >= 15 is 0 Å². The minimum Gasteiger partial charge on any atom is -0.344 e. The standard InChI is InChI=1S/C21H29BrN4/c1-5-9-17(10-6-2)19-13-20(24-15-16-11-8-12-23-14-16)26(4)21(25-19)18(22)7-3/h7-8,11-14,17,25H,3,5-6,9-10,15H2,1-2,4H3/b21-18+,24-20?. The van der Waals surface area contributed by atoms with Crippen molar-refractivity contribution in [2.75, 3.05) is 7.05 Å². The summed E-state index contributed by atoms with van der Waals surface area (Å²) in [5.74, 6) is 2.45. The number of amidine groups is 1.